The maximum absolute atomic E-state index is 5.94. The van der Waals surface area contributed by atoms with Gasteiger partial charge in [-0.1, -0.05) is 39.0 Å². The van der Waals surface area contributed by atoms with Crippen LogP contribution in [0.2, 0.25) is 0 Å². The Kier molecular flexibility index (Phi) is 6.93. The Morgan fingerprint density at radius 2 is 2.10 bits per heavy atom. The van der Waals surface area contributed by atoms with E-state index < -0.39 is 0 Å². The molecule has 2 aliphatic rings. The number of aromatic amines is 2. The third-order valence-electron chi connectivity index (χ3n) is 6.25. The van der Waals surface area contributed by atoms with Crippen molar-refractivity contribution in [2.75, 3.05) is 6.61 Å². The summed E-state index contributed by atoms with van der Waals surface area (Å²) >= 11 is 0. The van der Waals surface area contributed by atoms with Gasteiger partial charge in [-0.2, -0.15) is 0 Å². The van der Waals surface area contributed by atoms with Gasteiger partial charge in [0, 0.05) is 23.7 Å². The minimum atomic E-state index is 0.632. The monoisotopic (exact) mass is 405 g/mol. The predicted molar refractivity (Wildman–Crippen MR) is 125 cm³/mol. The molecular weight excluding hydrogens is 370 g/mol. The van der Waals surface area contributed by atoms with Gasteiger partial charge >= 0.3 is 0 Å². The summed E-state index contributed by atoms with van der Waals surface area (Å²) in [5.74, 6) is 1.49. The highest BCUT2D eigenvalue weighted by atomic mass is 16.5. The summed E-state index contributed by atoms with van der Waals surface area (Å²) in [4.78, 5) is 11.9. The Morgan fingerprint density at radius 1 is 1.20 bits per heavy atom. The summed E-state index contributed by atoms with van der Waals surface area (Å²) in [5, 5.41) is 0. The van der Waals surface area contributed by atoms with Crippen molar-refractivity contribution in [3.05, 3.63) is 64.6 Å². The van der Waals surface area contributed by atoms with Gasteiger partial charge in [0.05, 0.1) is 18.0 Å². The van der Waals surface area contributed by atoms with Gasteiger partial charge in [-0.05, 0) is 68.4 Å². The molecule has 2 bridgehead atoms. The summed E-state index contributed by atoms with van der Waals surface area (Å²) < 4.78 is 5.94. The van der Waals surface area contributed by atoms with Crippen molar-refractivity contribution in [1.29, 1.82) is 0 Å². The zero-order chi connectivity index (χ0) is 20.8. The van der Waals surface area contributed by atoms with Gasteiger partial charge in [0.25, 0.3) is 0 Å². The highest BCUT2D eigenvalue weighted by Gasteiger charge is 2.22. The van der Waals surface area contributed by atoms with Crippen LogP contribution < -0.4 is 0 Å². The van der Waals surface area contributed by atoms with Gasteiger partial charge in [0.2, 0.25) is 0 Å². The van der Waals surface area contributed by atoms with Crippen molar-refractivity contribution >= 4 is 11.8 Å². The Morgan fingerprint density at radius 3 is 2.90 bits per heavy atom. The summed E-state index contributed by atoms with van der Waals surface area (Å²) in [6, 6.07) is 6.49. The first-order valence-electron chi connectivity index (χ1n) is 11.8. The molecule has 0 spiro atoms. The Labute approximate surface area is 180 Å². The van der Waals surface area contributed by atoms with E-state index in [4.69, 9.17) is 9.73 Å². The normalized spacial score (nSPS) is 20.9. The molecule has 0 aromatic carbocycles. The molecule has 4 heteroatoms. The van der Waals surface area contributed by atoms with Crippen molar-refractivity contribution in [2.45, 2.75) is 77.6 Å². The fourth-order valence-corrected chi connectivity index (χ4v) is 4.66. The first kappa shape index (κ1) is 20.8. The molecule has 1 aliphatic heterocycles. The zero-order valence-electron chi connectivity index (χ0n) is 18.5. The number of allylic oxidation sites excluding steroid dienone is 1. The van der Waals surface area contributed by atoms with E-state index in [-0.39, 0.29) is 0 Å². The van der Waals surface area contributed by atoms with Gasteiger partial charge in [0.1, 0.15) is 11.5 Å². The zero-order valence-corrected chi connectivity index (χ0v) is 18.5. The molecule has 1 aliphatic carbocycles. The van der Waals surface area contributed by atoms with Gasteiger partial charge in [-0.15, -0.1) is 0 Å². The van der Waals surface area contributed by atoms with Crippen molar-refractivity contribution in [3.63, 3.8) is 0 Å². The molecule has 3 heterocycles. The maximum atomic E-state index is 5.94. The minimum absolute atomic E-state index is 0.632. The number of ether oxygens (including phenoxy) is 1. The number of aromatic nitrogens is 2. The molecular formula is C26H35N3O. The first-order valence-corrected chi connectivity index (χ1v) is 11.8. The van der Waals surface area contributed by atoms with E-state index in [2.05, 4.69) is 35.1 Å². The molecule has 0 saturated carbocycles. The van der Waals surface area contributed by atoms with Crippen LogP contribution in [-0.4, -0.2) is 22.3 Å². The van der Waals surface area contributed by atoms with Crippen LogP contribution in [0.3, 0.4) is 0 Å². The van der Waals surface area contributed by atoms with E-state index in [0.717, 1.165) is 29.3 Å². The third-order valence-corrected chi connectivity index (χ3v) is 6.25. The average Bonchev–Trinajstić information content (AvgIpc) is 3.48. The largest absolute Gasteiger partial charge is 0.492 e. The average molecular weight is 406 g/mol. The van der Waals surface area contributed by atoms with Crippen molar-refractivity contribution in [1.82, 2.24) is 9.97 Å². The minimum Gasteiger partial charge on any atom is -0.492 e. The van der Waals surface area contributed by atoms with E-state index in [0.29, 0.717) is 12.5 Å². The van der Waals surface area contributed by atoms with Crippen LogP contribution in [-0.2, 0) is 11.2 Å². The smallest absolute Gasteiger partial charge is 0.147 e. The molecule has 2 aromatic rings. The van der Waals surface area contributed by atoms with Gasteiger partial charge < -0.3 is 14.7 Å². The lowest BCUT2D eigenvalue weighted by Crippen LogP contribution is -2.01. The lowest BCUT2D eigenvalue weighted by atomic mass is 9.87. The molecule has 4 nitrogen and oxygen atoms in total. The van der Waals surface area contributed by atoms with Crippen LogP contribution in [0.25, 0.3) is 6.08 Å². The molecule has 0 fully saturated rings. The van der Waals surface area contributed by atoms with Crippen LogP contribution in [0.15, 0.2) is 46.9 Å². The molecule has 4 rings (SSSR count). The van der Waals surface area contributed by atoms with Crippen molar-refractivity contribution in [3.8, 4) is 0 Å². The van der Waals surface area contributed by atoms with E-state index in [9.17, 15) is 0 Å². The van der Waals surface area contributed by atoms with E-state index in [1.54, 1.807) is 0 Å². The van der Waals surface area contributed by atoms with Gasteiger partial charge in [-0.3, -0.25) is 0 Å². The van der Waals surface area contributed by atoms with Crippen LogP contribution in [0.5, 0.6) is 0 Å². The van der Waals surface area contributed by atoms with E-state index in [1.165, 1.54) is 68.3 Å². The standard InChI is InChI=1S/C26H35N3O/c1-3-5-11-19-12-8-6-7-9-13-20-16-21(19)23(28-20)17-25-26(30-4-2)18-24(29-25)22-14-10-15-27-22/h10,14-19,27-28H,3-9,11-13H2,1-2H3/b25-17+. The molecule has 0 amide bonds. The van der Waals surface area contributed by atoms with E-state index in [1.807, 2.05) is 25.3 Å². The number of H-pyrrole nitrogens is 2. The number of aliphatic imine (C=N–C) groups is 1. The highest BCUT2D eigenvalue weighted by Crippen LogP contribution is 2.35. The Balaban J connectivity index is 1.70. The molecule has 1 unspecified atom stereocenters. The van der Waals surface area contributed by atoms with Crippen molar-refractivity contribution < 1.29 is 4.74 Å². The van der Waals surface area contributed by atoms with Crippen LogP contribution in [0, 0.1) is 0 Å². The quantitative estimate of drug-likeness (QED) is 0.518. The number of aryl methyl sites for hydroxylation is 1. The molecule has 30 heavy (non-hydrogen) atoms. The predicted octanol–water partition coefficient (Wildman–Crippen LogP) is 6.89. The summed E-state index contributed by atoms with van der Waals surface area (Å²) in [6.07, 6.45) is 17.8. The SMILES string of the molecule is CCCCC1CCCCCCc2cc1c(/C=C1/N=C(c3ccc[nH]3)C=C1OCC)[nH]2. The molecule has 2 aromatic heterocycles. The number of hydrogen-bond acceptors (Lipinski definition) is 2. The third kappa shape index (κ3) is 4.80. The fraction of sp³-hybridized carbons (Fsp3) is 0.500. The summed E-state index contributed by atoms with van der Waals surface area (Å²) in [7, 11) is 0. The fourth-order valence-electron chi connectivity index (χ4n) is 4.66. The van der Waals surface area contributed by atoms with Gasteiger partial charge in [-0.25, -0.2) is 4.99 Å². The topological polar surface area (TPSA) is 53.2 Å². The molecule has 0 saturated heterocycles. The second kappa shape index (κ2) is 10.0. The maximum Gasteiger partial charge on any atom is 0.147 e. The lowest BCUT2D eigenvalue weighted by Gasteiger charge is -2.17. The molecule has 2 N–H and O–H groups in total. The first-order chi connectivity index (χ1) is 14.8. The molecule has 160 valence electrons. The second-order valence-corrected chi connectivity index (χ2v) is 8.51. The number of nitrogens with one attached hydrogen (secondary N) is 2. The molecule has 0 radical (unpaired) electrons. The Bertz CT molecular complexity index is 914. The van der Waals surface area contributed by atoms with Gasteiger partial charge in [0.15, 0.2) is 0 Å². The molecule has 1 atom stereocenters. The van der Waals surface area contributed by atoms with Crippen LogP contribution in [0.1, 0.15) is 93.8 Å². The lowest BCUT2D eigenvalue weighted by molar-refractivity contribution is 0.239. The number of unbranched alkanes of at least 4 members (excludes halogenated alkanes) is 1. The van der Waals surface area contributed by atoms with E-state index >= 15 is 0 Å². The highest BCUT2D eigenvalue weighted by molar-refractivity contribution is 6.11. The summed E-state index contributed by atoms with van der Waals surface area (Å²) in [6.45, 7) is 4.96. The van der Waals surface area contributed by atoms with Crippen LogP contribution >= 0.6 is 0 Å². The number of nitrogens with zero attached hydrogens (tertiary/aromatic N) is 1. The summed E-state index contributed by atoms with van der Waals surface area (Å²) in [5.41, 5.74) is 6.95. The number of fused-ring (bicyclic) bond motifs is 2. The number of hydrogen-bond donors (Lipinski definition) is 2. The van der Waals surface area contributed by atoms with Crippen LogP contribution in [0.4, 0.5) is 0 Å². The Hall–Kier alpha value is -2.49. The number of rotatable bonds is 7. The van der Waals surface area contributed by atoms with Crippen molar-refractivity contribution in [2.24, 2.45) is 4.99 Å². The second-order valence-electron chi connectivity index (χ2n) is 8.51.